The third-order valence-electron chi connectivity index (χ3n) is 5.59. The second-order valence-electron chi connectivity index (χ2n) is 8.28. The standard InChI is InChI=1S/C30H26FNO7S/c1-3-36-28(33)22-16-32-23(18-38-21-12-10-20(31)11-13-21)27(30(35)37-4-2)26(22)24-14-15-25(40-24)29(34)39-17-19-8-6-5-7-9-19/h5-16H,3-4,17-18H2,1-2H3. The third kappa shape index (κ3) is 6.89. The molecule has 4 aromatic rings. The summed E-state index contributed by atoms with van der Waals surface area (Å²) in [5.74, 6) is -2.04. The van der Waals surface area contributed by atoms with Crippen molar-refractivity contribution in [3.05, 3.63) is 106 Å². The van der Waals surface area contributed by atoms with Crippen LogP contribution in [0.1, 0.15) is 55.5 Å². The highest BCUT2D eigenvalue weighted by Crippen LogP contribution is 2.36. The number of nitrogens with zero attached hydrogens (tertiary/aromatic N) is 1. The van der Waals surface area contributed by atoms with E-state index in [4.69, 9.17) is 18.9 Å². The molecular formula is C30H26FNO7S. The van der Waals surface area contributed by atoms with Crippen LogP contribution in [0.15, 0.2) is 72.9 Å². The molecule has 0 radical (unpaired) electrons. The highest BCUT2D eigenvalue weighted by Gasteiger charge is 2.28. The van der Waals surface area contributed by atoms with Gasteiger partial charge in [0.25, 0.3) is 0 Å². The molecule has 40 heavy (non-hydrogen) atoms. The molecule has 0 aliphatic heterocycles. The second kappa shape index (κ2) is 13.5. The van der Waals surface area contributed by atoms with Gasteiger partial charge in [-0.2, -0.15) is 0 Å². The number of ether oxygens (including phenoxy) is 4. The monoisotopic (exact) mass is 563 g/mol. The Bertz CT molecular complexity index is 1490. The average Bonchev–Trinajstić information content (AvgIpc) is 3.46. The van der Waals surface area contributed by atoms with Gasteiger partial charge in [-0.1, -0.05) is 30.3 Å². The summed E-state index contributed by atoms with van der Waals surface area (Å²) >= 11 is 1.05. The molecule has 0 saturated carbocycles. The van der Waals surface area contributed by atoms with Gasteiger partial charge in [-0.05, 0) is 55.8 Å². The summed E-state index contributed by atoms with van der Waals surface area (Å²) in [6, 6.07) is 17.8. The Morgan fingerprint density at radius 2 is 1.50 bits per heavy atom. The number of hydrogen-bond acceptors (Lipinski definition) is 9. The summed E-state index contributed by atoms with van der Waals surface area (Å²) in [6.07, 6.45) is 1.30. The Labute approximate surface area is 234 Å². The van der Waals surface area contributed by atoms with E-state index in [1.807, 2.05) is 30.3 Å². The lowest BCUT2D eigenvalue weighted by Crippen LogP contribution is -2.17. The largest absolute Gasteiger partial charge is 0.487 e. The highest BCUT2D eigenvalue weighted by atomic mass is 32.1. The fraction of sp³-hybridized carbons (Fsp3) is 0.200. The third-order valence-corrected chi connectivity index (χ3v) is 6.67. The number of carbonyl (C=O) groups is 3. The van der Waals surface area contributed by atoms with E-state index in [9.17, 15) is 18.8 Å². The molecule has 8 nitrogen and oxygen atoms in total. The number of esters is 3. The smallest absolute Gasteiger partial charge is 0.348 e. The van der Waals surface area contributed by atoms with Crippen molar-refractivity contribution in [1.29, 1.82) is 0 Å². The molecule has 10 heteroatoms. The van der Waals surface area contributed by atoms with Gasteiger partial charge in [-0.3, -0.25) is 4.98 Å². The maximum absolute atomic E-state index is 13.3. The van der Waals surface area contributed by atoms with Crippen molar-refractivity contribution in [2.75, 3.05) is 13.2 Å². The molecule has 4 rings (SSSR count). The molecule has 0 atom stereocenters. The van der Waals surface area contributed by atoms with Crippen molar-refractivity contribution in [1.82, 2.24) is 4.98 Å². The van der Waals surface area contributed by atoms with Gasteiger partial charge < -0.3 is 18.9 Å². The van der Waals surface area contributed by atoms with Gasteiger partial charge in [-0.25, -0.2) is 18.8 Å². The Balaban J connectivity index is 1.73. The fourth-order valence-electron chi connectivity index (χ4n) is 3.76. The molecule has 0 unspecified atom stereocenters. The first kappa shape index (κ1) is 28.4. The van der Waals surface area contributed by atoms with Crippen LogP contribution in [0.2, 0.25) is 0 Å². The second-order valence-corrected chi connectivity index (χ2v) is 9.36. The molecule has 2 aromatic carbocycles. The summed E-state index contributed by atoms with van der Waals surface area (Å²) < 4.78 is 35.0. The number of hydrogen-bond donors (Lipinski definition) is 0. The van der Waals surface area contributed by atoms with Crippen molar-refractivity contribution in [2.45, 2.75) is 27.1 Å². The normalized spacial score (nSPS) is 10.6. The van der Waals surface area contributed by atoms with Gasteiger partial charge in [0, 0.05) is 16.6 Å². The summed E-state index contributed by atoms with van der Waals surface area (Å²) in [5.41, 5.74) is 1.26. The van der Waals surface area contributed by atoms with Gasteiger partial charge >= 0.3 is 17.9 Å². The molecule has 0 aliphatic carbocycles. The molecule has 0 aliphatic rings. The lowest BCUT2D eigenvalue weighted by molar-refractivity contribution is 0.0475. The van der Waals surface area contributed by atoms with E-state index in [1.54, 1.807) is 26.0 Å². The molecule has 0 fully saturated rings. The summed E-state index contributed by atoms with van der Waals surface area (Å²) in [5, 5.41) is 0. The molecule has 0 bridgehead atoms. The SMILES string of the molecule is CCOC(=O)c1cnc(COc2ccc(F)cc2)c(C(=O)OCC)c1-c1ccc(C(=O)OCc2ccccc2)s1. The Hall–Kier alpha value is -4.57. The van der Waals surface area contributed by atoms with Crippen LogP contribution in [0.4, 0.5) is 4.39 Å². The van der Waals surface area contributed by atoms with Crippen LogP contribution in [0.5, 0.6) is 5.75 Å². The maximum atomic E-state index is 13.3. The summed E-state index contributed by atoms with van der Waals surface area (Å²) in [7, 11) is 0. The molecular weight excluding hydrogens is 537 g/mol. The molecule has 2 aromatic heterocycles. The Morgan fingerprint density at radius 3 is 2.20 bits per heavy atom. The number of halogens is 1. The number of pyridine rings is 1. The van der Waals surface area contributed by atoms with E-state index in [0.29, 0.717) is 10.6 Å². The van der Waals surface area contributed by atoms with Crippen molar-refractivity contribution < 1.29 is 37.7 Å². The Kier molecular flexibility index (Phi) is 9.58. The van der Waals surface area contributed by atoms with E-state index in [0.717, 1.165) is 16.9 Å². The van der Waals surface area contributed by atoms with Crippen LogP contribution >= 0.6 is 11.3 Å². The number of rotatable bonds is 11. The lowest BCUT2D eigenvalue weighted by atomic mass is 9.99. The molecule has 206 valence electrons. The van der Waals surface area contributed by atoms with Gasteiger partial charge in [0.2, 0.25) is 0 Å². The van der Waals surface area contributed by atoms with Crippen LogP contribution < -0.4 is 4.74 Å². The number of carbonyl (C=O) groups excluding carboxylic acids is 3. The topological polar surface area (TPSA) is 101 Å². The number of benzene rings is 2. The van der Waals surface area contributed by atoms with Crippen molar-refractivity contribution in [3.8, 4) is 16.2 Å². The lowest BCUT2D eigenvalue weighted by Gasteiger charge is -2.16. The van der Waals surface area contributed by atoms with Crippen LogP contribution in [0.25, 0.3) is 10.4 Å². The first-order valence-electron chi connectivity index (χ1n) is 12.5. The van der Waals surface area contributed by atoms with Gasteiger partial charge in [0.05, 0.1) is 30.0 Å². The quantitative estimate of drug-likeness (QED) is 0.156. The van der Waals surface area contributed by atoms with Crippen LogP contribution in [0, 0.1) is 5.82 Å². The molecule has 0 amide bonds. The minimum atomic E-state index is -0.726. The predicted octanol–water partition coefficient (Wildman–Crippen LogP) is 6.24. The zero-order valence-electron chi connectivity index (χ0n) is 21.8. The van der Waals surface area contributed by atoms with Crippen LogP contribution in [-0.4, -0.2) is 36.1 Å². The van der Waals surface area contributed by atoms with Crippen molar-refractivity contribution >= 4 is 29.2 Å². The van der Waals surface area contributed by atoms with Crippen LogP contribution in [-0.2, 0) is 27.4 Å². The minimum Gasteiger partial charge on any atom is -0.487 e. The maximum Gasteiger partial charge on any atom is 0.348 e. The first-order valence-corrected chi connectivity index (χ1v) is 13.3. The van der Waals surface area contributed by atoms with E-state index < -0.39 is 23.7 Å². The molecule has 2 heterocycles. The molecule has 0 spiro atoms. The number of aromatic nitrogens is 1. The van der Waals surface area contributed by atoms with Gasteiger partial charge in [0.15, 0.2) is 0 Å². The van der Waals surface area contributed by atoms with E-state index >= 15 is 0 Å². The minimum absolute atomic E-state index is 0.000526. The molecule has 0 N–H and O–H groups in total. The number of thiophene rings is 1. The first-order chi connectivity index (χ1) is 19.4. The average molecular weight is 564 g/mol. The summed E-state index contributed by atoms with van der Waals surface area (Å²) in [4.78, 5) is 44.0. The fourth-order valence-corrected chi connectivity index (χ4v) is 4.73. The van der Waals surface area contributed by atoms with Crippen LogP contribution in [0.3, 0.4) is 0 Å². The van der Waals surface area contributed by atoms with Crippen molar-refractivity contribution in [2.24, 2.45) is 0 Å². The molecule has 0 saturated heterocycles. The van der Waals surface area contributed by atoms with E-state index in [-0.39, 0.29) is 53.7 Å². The zero-order valence-corrected chi connectivity index (χ0v) is 22.7. The summed E-state index contributed by atoms with van der Waals surface area (Å²) in [6.45, 7) is 3.41. The van der Waals surface area contributed by atoms with Gasteiger partial charge in [0.1, 0.15) is 29.7 Å². The highest BCUT2D eigenvalue weighted by molar-refractivity contribution is 7.17. The zero-order chi connectivity index (χ0) is 28.5. The predicted molar refractivity (Wildman–Crippen MR) is 146 cm³/mol. The van der Waals surface area contributed by atoms with E-state index in [1.165, 1.54) is 30.5 Å². The van der Waals surface area contributed by atoms with Gasteiger partial charge in [-0.15, -0.1) is 11.3 Å². The Morgan fingerprint density at radius 1 is 0.800 bits per heavy atom. The van der Waals surface area contributed by atoms with Crippen molar-refractivity contribution in [3.63, 3.8) is 0 Å². The van der Waals surface area contributed by atoms with E-state index in [2.05, 4.69) is 4.98 Å².